The number of carbonyl (C=O) groups is 1. The maximum atomic E-state index is 12.4. The highest BCUT2D eigenvalue weighted by molar-refractivity contribution is 6.31. The molecule has 0 radical (unpaired) electrons. The van der Waals surface area contributed by atoms with E-state index in [1.807, 2.05) is 24.3 Å². The maximum Gasteiger partial charge on any atom is 0.224 e. The Balaban J connectivity index is 1.63. The van der Waals surface area contributed by atoms with E-state index >= 15 is 0 Å². The molecule has 24 heavy (non-hydrogen) atoms. The fourth-order valence-electron chi connectivity index (χ4n) is 2.88. The molecule has 0 saturated heterocycles. The van der Waals surface area contributed by atoms with Crippen LogP contribution in [0, 0.1) is 5.92 Å². The fraction of sp³-hybridized carbons (Fsp3) is 0.333. The van der Waals surface area contributed by atoms with E-state index in [1.54, 1.807) is 24.4 Å². The minimum atomic E-state index is -1.06. The van der Waals surface area contributed by atoms with Crippen molar-refractivity contribution in [2.24, 2.45) is 5.92 Å². The lowest BCUT2D eigenvalue weighted by Crippen LogP contribution is -2.43. The Kier molecular flexibility index (Phi) is 5.14. The molecule has 2 unspecified atom stereocenters. The summed E-state index contributed by atoms with van der Waals surface area (Å²) in [7, 11) is 0. The summed E-state index contributed by atoms with van der Waals surface area (Å²) in [5.41, 5.74) is 1.38. The van der Waals surface area contributed by atoms with Crippen LogP contribution in [0.1, 0.15) is 29.7 Å². The van der Waals surface area contributed by atoms with E-state index in [9.17, 15) is 15.0 Å². The topological polar surface area (TPSA) is 82.5 Å². The number of aliphatic hydroxyl groups is 2. The van der Waals surface area contributed by atoms with Crippen LogP contribution in [-0.2, 0) is 4.79 Å². The van der Waals surface area contributed by atoms with E-state index in [4.69, 9.17) is 11.6 Å². The molecule has 1 aromatic carbocycles. The molecule has 2 aromatic rings. The van der Waals surface area contributed by atoms with Gasteiger partial charge in [-0.05, 0) is 36.1 Å². The molecule has 0 spiro atoms. The monoisotopic (exact) mass is 346 g/mol. The van der Waals surface area contributed by atoms with Crippen molar-refractivity contribution in [1.82, 2.24) is 10.3 Å². The minimum Gasteiger partial charge on any atom is -0.394 e. The molecule has 1 fully saturated rings. The van der Waals surface area contributed by atoms with Gasteiger partial charge in [0.15, 0.2) is 0 Å². The lowest BCUT2D eigenvalue weighted by Gasteiger charge is -2.22. The Labute approximate surface area is 145 Å². The highest BCUT2D eigenvalue weighted by atomic mass is 35.5. The Morgan fingerprint density at radius 2 is 2.04 bits per heavy atom. The molecule has 6 heteroatoms. The molecule has 1 aliphatic carbocycles. The number of rotatable bonds is 6. The van der Waals surface area contributed by atoms with Crippen molar-refractivity contribution in [2.45, 2.75) is 24.5 Å². The van der Waals surface area contributed by atoms with E-state index in [1.165, 1.54) is 0 Å². The summed E-state index contributed by atoms with van der Waals surface area (Å²) in [4.78, 5) is 16.5. The van der Waals surface area contributed by atoms with Crippen LogP contribution in [0.4, 0.5) is 0 Å². The first-order valence-corrected chi connectivity index (χ1v) is 8.24. The maximum absolute atomic E-state index is 12.4. The van der Waals surface area contributed by atoms with Crippen molar-refractivity contribution >= 4 is 17.5 Å². The smallest absolute Gasteiger partial charge is 0.224 e. The highest BCUT2D eigenvalue weighted by Gasteiger charge is 2.45. The molecule has 3 N–H and O–H groups in total. The van der Waals surface area contributed by atoms with Gasteiger partial charge in [0.2, 0.25) is 5.91 Å². The molecule has 126 valence electrons. The summed E-state index contributed by atoms with van der Waals surface area (Å²) >= 11 is 6.17. The molecule has 0 aliphatic heterocycles. The third-order valence-electron chi connectivity index (χ3n) is 4.33. The van der Waals surface area contributed by atoms with Crippen LogP contribution in [0.2, 0.25) is 5.02 Å². The third kappa shape index (κ3) is 3.59. The largest absolute Gasteiger partial charge is 0.394 e. The van der Waals surface area contributed by atoms with Gasteiger partial charge in [0, 0.05) is 17.1 Å². The van der Waals surface area contributed by atoms with Crippen molar-refractivity contribution in [3.05, 3.63) is 64.9 Å². The summed E-state index contributed by atoms with van der Waals surface area (Å²) < 4.78 is 0. The van der Waals surface area contributed by atoms with Gasteiger partial charge in [-0.15, -0.1) is 0 Å². The highest BCUT2D eigenvalue weighted by Crippen LogP contribution is 2.49. The van der Waals surface area contributed by atoms with Gasteiger partial charge in [0.1, 0.15) is 6.10 Å². The van der Waals surface area contributed by atoms with Crippen LogP contribution in [-0.4, -0.2) is 33.8 Å². The number of halogens is 1. The molecule has 1 amide bonds. The first kappa shape index (κ1) is 16.9. The zero-order valence-corrected chi connectivity index (χ0v) is 13.7. The Morgan fingerprint density at radius 3 is 2.71 bits per heavy atom. The molecule has 1 aromatic heterocycles. The normalized spacial score (nSPS) is 21.8. The zero-order valence-electron chi connectivity index (χ0n) is 13.0. The summed E-state index contributed by atoms with van der Waals surface area (Å²) in [6.07, 6.45) is 1.22. The summed E-state index contributed by atoms with van der Waals surface area (Å²) in [5, 5.41) is 23.2. The van der Waals surface area contributed by atoms with Crippen LogP contribution in [0.3, 0.4) is 0 Å². The van der Waals surface area contributed by atoms with Gasteiger partial charge >= 0.3 is 0 Å². The third-order valence-corrected chi connectivity index (χ3v) is 4.67. The van der Waals surface area contributed by atoms with Gasteiger partial charge in [-0.1, -0.05) is 35.9 Å². The first-order chi connectivity index (χ1) is 11.6. The van der Waals surface area contributed by atoms with Crippen LogP contribution in [0.15, 0.2) is 48.7 Å². The fourth-order valence-corrected chi connectivity index (χ4v) is 3.15. The average Bonchev–Trinajstić information content (AvgIpc) is 3.40. The van der Waals surface area contributed by atoms with E-state index < -0.39 is 12.1 Å². The molecule has 0 bridgehead atoms. The lowest BCUT2D eigenvalue weighted by molar-refractivity contribution is -0.124. The van der Waals surface area contributed by atoms with E-state index in [2.05, 4.69) is 10.3 Å². The van der Waals surface area contributed by atoms with Gasteiger partial charge < -0.3 is 15.5 Å². The molecule has 5 nitrogen and oxygen atoms in total. The van der Waals surface area contributed by atoms with Gasteiger partial charge in [0.25, 0.3) is 0 Å². The van der Waals surface area contributed by atoms with E-state index in [0.717, 1.165) is 5.56 Å². The summed E-state index contributed by atoms with van der Waals surface area (Å²) in [6.45, 7) is -0.368. The number of nitrogens with one attached hydrogen (secondary N) is 1. The van der Waals surface area contributed by atoms with Crippen LogP contribution in [0.5, 0.6) is 0 Å². The van der Waals surface area contributed by atoms with E-state index in [-0.39, 0.29) is 24.3 Å². The number of carbonyl (C=O) groups excluding carboxylic acids is 1. The SMILES string of the molecule is O=C(NC(CO)C(O)c1ccccn1)[C@H]1C[C@@H]1c1ccccc1Cl. The number of hydrogen-bond acceptors (Lipinski definition) is 4. The average molecular weight is 347 g/mol. The molecular weight excluding hydrogens is 328 g/mol. The van der Waals surface area contributed by atoms with Crippen molar-refractivity contribution in [3.63, 3.8) is 0 Å². The van der Waals surface area contributed by atoms with Gasteiger partial charge in [-0.2, -0.15) is 0 Å². The number of pyridine rings is 1. The number of benzene rings is 1. The second-order valence-electron chi connectivity index (χ2n) is 5.97. The minimum absolute atomic E-state index is 0.0880. The Bertz CT molecular complexity index is 710. The predicted octanol–water partition coefficient (Wildman–Crippen LogP) is 2.05. The number of aliphatic hydroxyl groups excluding tert-OH is 2. The molecule has 3 rings (SSSR count). The molecule has 4 atom stereocenters. The Hall–Kier alpha value is -1.95. The first-order valence-electron chi connectivity index (χ1n) is 7.86. The predicted molar refractivity (Wildman–Crippen MR) is 90.5 cm³/mol. The van der Waals surface area contributed by atoms with Crippen molar-refractivity contribution in [1.29, 1.82) is 0 Å². The van der Waals surface area contributed by atoms with Crippen LogP contribution < -0.4 is 5.32 Å². The quantitative estimate of drug-likeness (QED) is 0.747. The van der Waals surface area contributed by atoms with Gasteiger partial charge in [-0.25, -0.2) is 0 Å². The van der Waals surface area contributed by atoms with Crippen molar-refractivity contribution in [2.75, 3.05) is 6.61 Å². The molecule has 1 heterocycles. The summed E-state index contributed by atoms with van der Waals surface area (Å²) in [6, 6.07) is 11.8. The number of amides is 1. The second-order valence-corrected chi connectivity index (χ2v) is 6.37. The molecule has 1 saturated carbocycles. The molecular formula is C18H19ClN2O3. The Morgan fingerprint density at radius 1 is 1.29 bits per heavy atom. The van der Waals surface area contributed by atoms with Gasteiger partial charge in [0.05, 0.1) is 18.3 Å². The number of aromatic nitrogens is 1. The van der Waals surface area contributed by atoms with Crippen molar-refractivity contribution < 1.29 is 15.0 Å². The zero-order chi connectivity index (χ0) is 17.1. The lowest BCUT2D eigenvalue weighted by atomic mass is 10.1. The second kappa shape index (κ2) is 7.30. The van der Waals surface area contributed by atoms with Gasteiger partial charge in [-0.3, -0.25) is 9.78 Å². The van der Waals surface area contributed by atoms with Crippen molar-refractivity contribution in [3.8, 4) is 0 Å². The van der Waals surface area contributed by atoms with Crippen LogP contribution >= 0.6 is 11.6 Å². The molecule has 1 aliphatic rings. The van der Waals surface area contributed by atoms with Crippen LogP contribution in [0.25, 0.3) is 0 Å². The standard InChI is InChI=1S/C18H19ClN2O3/c19-14-6-2-1-5-11(14)12-9-13(12)18(24)21-16(10-22)17(23)15-7-3-4-8-20-15/h1-8,12-13,16-17,22-23H,9-10H2,(H,21,24)/t12-,13+,16?,17?/m1/s1. The van der Waals surface area contributed by atoms with E-state index in [0.29, 0.717) is 17.1 Å². The number of nitrogens with zero attached hydrogens (tertiary/aromatic N) is 1. The number of hydrogen-bond donors (Lipinski definition) is 3. The summed E-state index contributed by atoms with van der Waals surface area (Å²) in [5.74, 6) is -0.283.